The van der Waals surface area contributed by atoms with Gasteiger partial charge in [-0.2, -0.15) is 0 Å². The van der Waals surface area contributed by atoms with Crippen molar-refractivity contribution in [1.29, 1.82) is 0 Å². The standard InChI is InChI=1S/C21H21F2NO3/c1-26-16-10-9-15(22)20(23)19(16)21(25)24-11-17(13-5-3-2-4-6-13)27-18(12-24)14-7-8-14/h2-6,9-10,14,17-18H,7-8,11-12H2,1H3/t17-,18+/m0/s1. The molecule has 6 heteroatoms. The van der Waals surface area contributed by atoms with Gasteiger partial charge in [-0.1, -0.05) is 30.3 Å². The number of methoxy groups -OCH3 is 1. The molecule has 0 aromatic heterocycles. The molecule has 142 valence electrons. The lowest BCUT2D eigenvalue weighted by molar-refractivity contribution is -0.0865. The van der Waals surface area contributed by atoms with Gasteiger partial charge in [0.15, 0.2) is 11.6 Å². The van der Waals surface area contributed by atoms with Crippen molar-refractivity contribution in [3.63, 3.8) is 0 Å². The number of benzene rings is 2. The second-order valence-corrected chi connectivity index (χ2v) is 7.06. The molecule has 0 spiro atoms. The molecule has 2 atom stereocenters. The molecule has 2 fully saturated rings. The first kappa shape index (κ1) is 17.9. The van der Waals surface area contributed by atoms with Crippen LogP contribution in [0.5, 0.6) is 5.75 Å². The molecule has 1 aliphatic heterocycles. The van der Waals surface area contributed by atoms with Gasteiger partial charge in [0.2, 0.25) is 0 Å². The Morgan fingerprint density at radius 3 is 2.52 bits per heavy atom. The van der Waals surface area contributed by atoms with E-state index in [1.54, 1.807) is 4.90 Å². The SMILES string of the molecule is COc1ccc(F)c(F)c1C(=O)N1C[C@@H](c2ccccc2)O[C@@H](C2CC2)C1. The Labute approximate surface area is 156 Å². The minimum Gasteiger partial charge on any atom is -0.496 e. The molecule has 0 N–H and O–H groups in total. The number of hydrogen-bond donors (Lipinski definition) is 0. The molecule has 1 heterocycles. The van der Waals surface area contributed by atoms with Crippen LogP contribution >= 0.6 is 0 Å². The molecule has 2 aromatic rings. The summed E-state index contributed by atoms with van der Waals surface area (Å²) < 4.78 is 39.5. The molecular weight excluding hydrogens is 352 g/mol. The molecule has 0 bridgehead atoms. The van der Waals surface area contributed by atoms with Crippen LogP contribution in [-0.2, 0) is 4.74 Å². The van der Waals surface area contributed by atoms with Crippen molar-refractivity contribution in [3.05, 3.63) is 65.2 Å². The summed E-state index contributed by atoms with van der Waals surface area (Å²) in [5.41, 5.74) is 0.605. The normalized spacial score (nSPS) is 22.6. The van der Waals surface area contributed by atoms with Crippen molar-refractivity contribution in [1.82, 2.24) is 4.90 Å². The predicted molar refractivity (Wildman–Crippen MR) is 95.6 cm³/mol. The molecule has 27 heavy (non-hydrogen) atoms. The van der Waals surface area contributed by atoms with Crippen LogP contribution in [0, 0.1) is 17.6 Å². The molecule has 1 saturated carbocycles. The Balaban J connectivity index is 1.65. The van der Waals surface area contributed by atoms with Gasteiger partial charge in [0, 0.05) is 6.54 Å². The maximum atomic E-state index is 14.4. The molecule has 0 unspecified atom stereocenters. The van der Waals surface area contributed by atoms with Crippen LogP contribution in [-0.4, -0.2) is 37.1 Å². The molecule has 4 nitrogen and oxygen atoms in total. The van der Waals surface area contributed by atoms with Crippen LogP contribution in [0.25, 0.3) is 0 Å². The van der Waals surface area contributed by atoms with E-state index in [1.165, 1.54) is 13.2 Å². The van der Waals surface area contributed by atoms with Gasteiger partial charge in [-0.15, -0.1) is 0 Å². The average Bonchev–Trinajstić information content (AvgIpc) is 3.55. The molecule has 4 rings (SSSR count). The van der Waals surface area contributed by atoms with Crippen LogP contribution in [0.3, 0.4) is 0 Å². The highest BCUT2D eigenvalue weighted by Gasteiger charge is 2.41. The minimum atomic E-state index is -1.18. The van der Waals surface area contributed by atoms with Crippen LogP contribution < -0.4 is 4.74 Å². The summed E-state index contributed by atoms with van der Waals surface area (Å²) in [5, 5.41) is 0. The molecule has 1 aliphatic carbocycles. The van der Waals surface area contributed by atoms with Crippen molar-refractivity contribution in [2.45, 2.75) is 25.0 Å². The molecule has 1 saturated heterocycles. The first-order valence-electron chi connectivity index (χ1n) is 9.10. The fourth-order valence-corrected chi connectivity index (χ4v) is 3.60. The van der Waals surface area contributed by atoms with E-state index >= 15 is 0 Å². The summed E-state index contributed by atoms with van der Waals surface area (Å²) in [5.74, 6) is -2.37. The number of hydrogen-bond acceptors (Lipinski definition) is 3. The fourth-order valence-electron chi connectivity index (χ4n) is 3.60. The number of nitrogens with zero attached hydrogens (tertiary/aromatic N) is 1. The first-order chi connectivity index (χ1) is 13.1. The zero-order chi connectivity index (χ0) is 19.0. The fraction of sp³-hybridized carbons (Fsp3) is 0.381. The second-order valence-electron chi connectivity index (χ2n) is 7.06. The van der Waals surface area contributed by atoms with Gasteiger partial charge in [0.05, 0.1) is 19.8 Å². The number of halogens is 2. The average molecular weight is 373 g/mol. The van der Waals surface area contributed by atoms with Crippen LogP contribution in [0.2, 0.25) is 0 Å². The summed E-state index contributed by atoms with van der Waals surface area (Å²) in [4.78, 5) is 14.7. The Kier molecular flexibility index (Phi) is 4.83. The molecule has 2 aliphatic rings. The number of morpholine rings is 1. The number of ether oxygens (including phenoxy) is 2. The van der Waals surface area contributed by atoms with Crippen LogP contribution in [0.4, 0.5) is 8.78 Å². The number of rotatable bonds is 4. The lowest BCUT2D eigenvalue weighted by Gasteiger charge is -2.38. The number of carbonyl (C=O) groups is 1. The molecule has 0 radical (unpaired) electrons. The predicted octanol–water partition coefficient (Wildman–Crippen LogP) is 3.97. The molecule has 2 aromatic carbocycles. The summed E-state index contributed by atoms with van der Waals surface area (Å²) in [6.45, 7) is 0.650. The van der Waals surface area contributed by atoms with Gasteiger partial charge in [0.1, 0.15) is 17.4 Å². The van der Waals surface area contributed by atoms with E-state index in [0.29, 0.717) is 12.5 Å². The quantitative estimate of drug-likeness (QED) is 0.814. The van der Waals surface area contributed by atoms with Gasteiger partial charge >= 0.3 is 0 Å². The van der Waals surface area contributed by atoms with Gasteiger partial charge in [-0.05, 0) is 36.5 Å². The monoisotopic (exact) mass is 373 g/mol. The molecular formula is C21H21F2NO3. The van der Waals surface area contributed by atoms with Crippen molar-refractivity contribution >= 4 is 5.91 Å². The highest BCUT2D eigenvalue weighted by molar-refractivity contribution is 5.97. The third-order valence-corrected chi connectivity index (χ3v) is 5.22. The summed E-state index contributed by atoms with van der Waals surface area (Å²) in [7, 11) is 1.34. The van der Waals surface area contributed by atoms with E-state index in [1.807, 2.05) is 30.3 Å². The van der Waals surface area contributed by atoms with E-state index in [4.69, 9.17) is 9.47 Å². The third-order valence-electron chi connectivity index (χ3n) is 5.22. The number of amides is 1. The zero-order valence-corrected chi connectivity index (χ0v) is 15.0. The zero-order valence-electron chi connectivity index (χ0n) is 15.0. The van der Waals surface area contributed by atoms with Crippen molar-refractivity contribution in [3.8, 4) is 5.75 Å². The van der Waals surface area contributed by atoms with Gasteiger partial charge < -0.3 is 14.4 Å². The van der Waals surface area contributed by atoms with Crippen molar-refractivity contribution in [2.24, 2.45) is 5.92 Å². The van der Waals surface area contributed by atoms with E-state index in [9.17, 15) is 13.6 Å². The van der Waals surface area contributed by atoms with Crippen LogP contribution in [0.1, 0.15) is 34.9 Å². The largest absolute Gasteiger partial charge is 0.496 e. The maximum absolute atomic E-state index is 14.4. The van der Waals surface area contributed by atoms with Gasteiger partial charge in [0.25, 0.3) is 5.91 Å². The smallest absolute Gasteiger partial charge is 0.260 e. The lowest BCUT2D eigenvalue weighted by atomic mass is 10.0. The third kappa shape index (κ3) is 3.54. The lowest BCUT2D eigenvalue weighted by Crippen LogP contribution is -2.48. The Morgan fingerprint density at radius 2 is 1.85 bits per heavy atom. The minimum absolute atomic E-state index is 0.0321. The Hall–Kier alpha value is -2.47. The topological polar surface area (TPSA) is 38.8 Å². The van der Waals surface area contributed by atoms with Gasteiger partial charge in [-0.3, -0.25) is 4.79 Å². The number of carbonyl (C=O) groups excluding carboxylic acids is 1. The summed E-state index contributed by atoms with van der Waals surface area (Å²) >= 11 is 0. The second kappa shape index (κ2) is 7.27. The van der Waals surface area contributed by atoms with E-state index in [2.05, 4.69) is 0 Å². The van der Waals surface area contributed by atoms with E-state index in [-0.39, 0.29) is 30.1 Å². The maximum Gasteiger partial charge on any atom is 0.260 e. The van der Waals surface area contributed by atoms with Crippen LogP contribution in [0.15, 0.2) is 42.5 Å². The Morgan fingerprint density at radius 1 is 1.11 bits per heavy atom. The molecule has 1 amide bonds. The van der Waals surface area contributed by atoms with E-state index < -0.39 is 17.5 Å². The summed E-state index contributed by atoms with van der Waals surface area (Å²) in [6.07, 6.45) is 1.73. The Bertz CT molecular complexity index is 839. The highest BCUT2D eigenvalue weighted by Crippen LogP contribution is 2.40. The first-order valence-corrected chi connectivity index (χ1v) is 9.10. The van der Waals surface area contributed by atoms with E-state index in [0.717, 1.165) is 24.5 Å². The summed E-state index contributed by atoms with van der Waals surface area (Å²) in [6, 6.07) is 11.9. The highest BCUT2D eigenvalue weighted by atomic mass is 19.2. The van der Waals surface area contributed by atoms with Crippen molar-refractivity contribution < 1.29 is 23.0 Å². The van der Waals surface area contributed by atoms with Gasteiger partial charge in [-0.25, -0.2) is 8.78 Å². The van der Waals surface area contributed by atoms with Crippen molar-refractivity contribution in [2.75, 3.05) is 20.2 Å².